The van der Waals surface area contributed by atoms with Crippen LogP contribution in [0.25, 0.3) is 0 Å². The minimum absolute atomic E-state index is 0.0570. The molecule has 1 amide bonds. The molecule has 0 saturated heterocycles. The number of ether oxygens (including phenoxy) is 1. The number of nitrogens with zero attached hydrogens (tertiary/aromatic N) is 1. The normalized spacial score (nSPS) is 15.8. The van der Waals surface area contributed by atoms with Crippen molar-refractivity contribution < 1.29 is 17.9 Å². The summed E-state index contributed by atoms with van der Waals surface area (Å²) in [5, 5.41) is 3.06. The maximum absolute atomic E-state index is 12.6. The summed E-state index contributed by atoms with van der Waals surface area (Å²) in [6, 6.07) is 14.4. The van der Waals surface area contributed by atoms with E-state index in [0.29, 0.717) is 19.7 Å². The van der Waals surface area contributed by atoms with Crippen LogP contribution in [0.3, 0.4) is 0 Å². The van der Waals surface area contributed by atoms with E-state index >= 15 is 0 Å². The molecule has 2 aromatic rings. The van der Waals surface area contributed by atoms with Crippen molar-refractivity contribution in [1.29, 1.82) is 0 Å². The van der Waals surface area contributed by atoms with Gasteiger partial charge in [0.25, 0.3) is 0 Å². The first-order valence-electron chi connectivity index (χ1n) is 9.39. The lowest BCUT2D eigenvalue weighted by atomic mass is 10.0. The van der Waals surface area contributed by atoms with Gasteiger partial charge in [-0.3, -0.25) is 9.69 Å². The van der Waals surface area contributed by atoms with Crippen molar-refractivity contribution in [1.82, 2.24) is 10.2 Å². The number of fused-ring (bicyclic) bond motifs is 1. The van der Waals surface area contributed by atoms with Gasteiger partial charge in [0.2, 0.25) is 5.91 Å². The molecule has 150 valence electrons. The molecule has 2 aromatic carbocycles. The third-order valence-corrected chi connectivity index (χ3v) is 5.98. The molecule has 1 aliphatic heterocycles. The Bertz CT molecular complexity index is 926. The molecule has 6 nitrogen and oxygen atoms in total. The van der Waals surface area contributed by atoms with Crippen LogP contribution < -0.4 is 10.1 Å². The van der Waals surface area contributed by atoms with E-state index in [-0.39, 0.29) is 23.4 Å². The van der Waals surface area contributed by atoms with Gasteiger partial charge in [-0.05, 0) is 30.2 Å². The van der Waals surface area contributed by atoms with Gasteiger partial charge in [-0.2, -0.15) is 0 Å². The number of carbonyl (C=O) groups excluding carboxylic acids is 1. The number of sulfone groups is 1. The van der Waals surface area contributed by atoms with Gasteiger partial charge in [0, 0.05) is 24.9 Å². The smallest absolute Gasteiger partial charge is 0.234 e. The van der Waals surface area contributed by atoms with Crippen molar-refractivity contribution in [3.63, 3.8) is 0 Å². The molecule has 0 spiro atoms. The summed E-state index contributed by atoms with van der Waals surface area (Å²) in [5.41, 5.74) is 1.98. The molecule has 7 heteroatoms. The molecule has 1 atom stereocenters. The minimum atomic E-state index is -3.23. The van der Waals surface area contributed by atoms with Gasteiger partial charge in [-0.1, -0.05) is 37.3 Å². The van der Waals surface area contributed by atoms with Crippen LogP contribution in [0.1, 0.15) is 30.5 Å². The summed E-state index contributed by atoms with van der Waals surface area (Å²) in [4.78, 5) is 15.0. The van der Waals surface area contributed by atoms with Crippen molar-refractivity contribution in [2.45, 2.75) is 30.8 Å². The summed E-state index contributed by atoms with van der Waals surface area (Å²) in [6.07, 6.45) is 1.90. The molecule has 3 rings (SSSR count). The van der Waals surface area contributed by atoms with Gasteiger partial charge in [0.15, 0.2) is 9.84 Å². The molecule has 0 aromatic heterocycles. The van der Waals surface area contributed by atoms with E-state index in [1.165, 1.54) is 6.26 Å². The zero-order valence-electron chi connectivity index (χ0n) is 16.2. The highest BCUT2D eigenvalue weighted by Gasteiger charge is 2.19. The zero-order valence-corrected chi connectivity index (χ0v) is 17.0. The Labute approximate surface area is 166 Å². The minimum Gasteiger partial charge on any atom is -0.492 e. The molecule has 0 bridgehead atoms. The van der Waals surface area contributed by atoms with Gasteiger partial charge in [0.1, 0.15) is 12.4 Å². The molecule has 1 aliphatic rings. The average molecular weight is 403 g/mol. The Hall–Kier alpha value is -2.38. The largest absolute Gasteiger partial charge is 0.492 e. The first-order chi connectivity index (χ1) is 13.4. The molecular weight excluding hydrogens is 376 g/mol. The molecule has 0 aliphatic carbocycles. The molecular formula is C21H26N2O4S. The van der Waals surface area contributed by atoms with E-state index in [1.807, 2.05) is 31.2 Å². The SMILES string of the molecule is CC[C@H](NC(=O)CN1CCOc2ccccc2C1)c1ccc(S(C)(=O)=O)cc1. The van der Waals surface area contributed by atoms with Crippen LogP contribution in [-0.4, -0.2) is 45.2 Å². The van der Waals surface area contributed by atoms with Crippen LogP contribution in [0.4, 0.5) is 0 Å². The Kier molecular flexibility index (Phi) is 6.36. The van der Waals surface area contributed by atoms with E-state index < -0.39 is 9.84 Å². The van der Waals surface area contributed by atoms with Crippen LogP contribution >= 0.6 is 0 Å². The molecule has 0 fully saturated rings. The van der Waals surface area contributed by atoms with Crippen molar-refractivity contribution in [3.05, 3.63) is 59.7 Å². The average Bonchev–Trinajstić information content (AvgIpc) is 2.87. The van der Waals surface area contributed by atoms with E-state index in [2.05, 4.69) is 10.2 Å². The summed E-state index contributed by atoms with van der Waals surface area (Å²) in [5.74, 6) is 0.821. The molecule has 0 unspecified atom stereocenters. The fourth-order valence-corrected chi connectivity index (χ4v) is 3.96. The first kappa shape index (κ1) is 20.4. The van der Waals surface area contributed by atoms with E-state index in [0.717, 1.165) is 23.3 Å². The Morgan fingerprint density at radius 2 is 1.89 bits per heavy atom. The number of carbonyl (C=O) groups is 1. The third kappa shape index (κ3) is 5.11. The highest BCUT2D eigenvalue weighted by molar-refractivity contribution is 7.90. The van der Waals surface area contributed by atoms with Gasteiger partial charge < -0.3 is 10.1 Å². The van der Waals surface area contributed by atoms with Crippen molar-refractivity contribution >= 4 is 15.7 Å². The fraction of sp³-hybridized carbons (Fsp3) is 0.381. The summed E-state index contributed by atoms with van der Waals surface area (Å²) in [6.45, 7) is 4.18. The maximum Gasteiger partial charge on any atom is 0.234 e. The first-order valence-corrected chi connectivity index (χ1v) is 11.3. The van der Waals surface area contributed by atoms with Crippen LogP contribution in [0.2, 0.25) is 0 Å². The highest BCUT2D eigenvalue weighted by atomic mass is 32.2. The monoisotopic (exact) mass is 402 g/mol. The van der Waals surface area contributed by atoms with E-state index in [4.69, 9.17) is 4.74 Å². The maximum atomic E-state index is 12.6. The molecule has 28 heavy (non-hydrogen) atoms. The number of benzene rings is 2. The third-order valence-electron chi connectivity index (χ3n) is 4.85. The molecule has 0 radical (unpaired) electrons. The summed E-state index contributed by atoms with van der Waals surface area (Å²) < 4.78 is 29.0. The molecule has 1 heterocycles. The Morgan fingerprint density at radius 3 is 2.57 bits per heavy atom. The van der Waals surface area contributed by atoms with Crippen LogP contribution in [-0.2, 0) is 21.2 Å². The van der Waals surface area contributed by atoms with Gasteiger partial charge in [0.05, 0.1) is 17.5 Å². The highest BCUT2D eigenvalue weighted by Crippen LogP contribution is 2.23. The predicted octanol–water partition coefficient (Wildman–Crippen LogP) is 2.55. The number of para-hydroxylation sites is 1. The van der Waals surface area contributed by atoms with E-state index in [9.17, 15) is 13.2 Å². The molecule has 1 N–H and O–H groups in total. The second-order valence-electron chi connectivity index (χ2n) is 7.04. The number of hydrogen-bond donors (Lipinski definition) is 1. The zero-order chi connectivity index (χ0) is 20.1. The van der Waals surface area contributed by atoms with E-state index in [1.54, 1.807) is 24.3 Å². The van der Waals surface area contributed by atoms with Crippen LogP contribution in [0.15, 0.2) is 53.4 Å². The lowest BCUT2D eigenvalue weighted by Gasteiger charge is -2.22. The topological polar surface area (TPSA) is 75.7 Å². The number of rotatable bonds is 6. The van der Waals surface area contributed by atoms with Crippen LogP contribution in [0.5, 0.6) is 5.75 Å². The predicted molar refractivity (Wildman–Crippen MR) is 108 cm³/mol. The van der Waals surface area contributed by atoms with Crippen LogP contribution in [0, 0.1) is 0 Å². The molecule has 0 saturated carbocycles. The lowest BCUT2D eigenvalue weighted by Crippen LogP contribution is -2.39. The number of nitrogens with one attached hydrogen (secondary N) is 1. The van der Waals surface area contributed by atoms with Gasteiger partial charge >= 0.3 is 0 Å². The second-order valence-corrected chi connectivity index (χ2v) is 9.05. The number of amides is 1. The van der Waals surface area contributed by atoms with Crippen molar-refractivity contribution in [3.8, 4) is 5.75 Å². The standard InChI is InChI=1S/C21H26N2O4S/c1-3-19(16-8-10-18(11-9-16)28(2,25)26)22-21(24)15-23-12-13-27-20-7-5-4-6-17(20)14-23/h4-11,19H,3,12-15H2,1-2H3,(H,22,24)/t19-/m0/s1. The van der Waals surface area contributed by atoms with Gasteiger partial charge in [-0.25, -0.2) is 8.42 Å². The summed E-state index contributed by atoms with van der Waals surface area (Å²) in [7, 11) is -3.23. The Morgan fingerprint density at radius 1 is 1.18 bits per heavy atom. The second kappa shape index (κ2) is 8.75. The Balaban J connectivity index is 1.63. The number of hydrogen-bond acceptors (Lipinski definition) is 5. The quantitative estimate of drug-likeness (QED) is 0.804. The summed E-state index contributed by atoms with van der Waals surface area (Å²) >= 11 is 0. The fourth-order valence-electron chi connectivity index (χ4n) is 3.33. The van der Waals surface area contributed by atoms with Gasteiger partial charge in [-0.15, -0.1) is 0 Å². The lowest BCUT2D eigenvalue weighted by molar-refractivity contribution is -0.123. The van der Waals surface area contributed by atoms with Crippen molar-refractivity contribution in [2.24, 2.45) is 0 Å². The van der Waals surface area contributed by atoms with Crippen molar-refractivity contribution in [2.75, 3.05) is 26.0 Å².